The van der Waals surface area contributed by atoms with Crippen molar-refractivity contribution in [2.24, 2.45) is 16.8 Å². The van der Waals surface area contributed by atoms with Crippen LogP contribution in [0, 0.1) is 11.8 Å². The molecule has 166 valence electrons. The lowest BCUT2D eigenvalue weighted by Crippen LogP contribution is -2.45. The number of hydrogen-bond acceptors (Lipinski definition) is 7. The van der Waals surface area contributed by atoms with Crippen LogP contribution in [0.15, 0.2) is 27.5 Å². The van der Waals surface area contributed by atoms with Crippen LogP contribution in [0.25, 0.3) is 0 Å². The third-order valence-electron chi connectivity index (χ3n) is 7.37. The van der Waals surface area contributed by atoms with Gasteiger partial charge in [-0.3, -0.25) is 9.79 Å². The molecule has 5 rings (SSSR count). The molecular weight excluding hydrogens is 398 g/mol. The van der Waals surface area contributed by atoms with Gasteiger partial charge in [-0.15, -0.1) is 0 Å². The van der Waals surface area contributed by atoms with E-state index in [1.54, 1.807) is 17.6 Å². The molecular formula is C23H29N3O5. The Bertz CT molecular complexity index is 1070. The van der Waals surface area contributed by atoms with Crippen molar-refractivity contribution in [3.8, 4) is 0 Å². The van der Waals surface area contributed by atoms with Crippen LogP contribution in [0.1, 0.15) is 43.0 Å². The number of esters is 1. The summed E-state index contributed by atoms with van der Waals surface area (Å²) >= 11 is 0. The fourth-order valence-electron chi connectivity index (χ4n) is 5.68. The Hall–Kier alpha value is -2.29. The summed E-state index contributed by atoms with van der Waals surface area (Å²) in [6.07, 6.45) is 3.47. The summed E-state index contributed by atoms with van der Waals surface area (Å²) in [6, 6.07) is 1.81. The zero-order valence-corrected chi connectivity index (χ0v) is 18.2. The van der Waals surface area contributed by atoms with Crippen LogP contribution in [0.4, 0.5) is 0 Å². The van der Waals surface area contributed by atoms with Gasteiger partial charge in [0.05, 0.1) is 35.7 Å². The number of hydrogen-bond donors (Lipinski definition) is 2. The number of ether oxygens (including phenoxy) is 1. The number of fused-ring (bicyclic) bond motifs is 5. The lowest BCUT2D eigenvalue weighted by molar-refractivity contribution is -0.172. The fourth-order valence-corrected chi connectivity index (χ4v) is 5.68. The smallest absolute Gasteiger partial charge is 0.343 e. The predicted molar refractivity (Wildman–Crippen MR) is 114 cm³/mol. The summed E-state index contributed by atoms with van der Waals surface area (Å²) in [5, 5.41) is 21.6. The van der Waals surface area contributed by atoms with Gasteiger partial charge in [-0.2, -0.15) is 0 Å². The summed E-state index contributed by atoms with van der Waals surface area (Å²) < 4.78 is 6.80. The third kappa shape index (κ3) is 2.96. The Labute approximate surface area is 180 Å². The molecule has 0 spiro atoms. The number of nitrogens with zero attached hydrogens (tertiary/aromatic N) is 3. The monoisotopic (exact) mass is 427 g/mol. The van der Waals surface area contributed by atoms with Gasteiger partial charge in [-0.1, -0.05) is 13.0 Å². The van der Waals surface area contributed by atoms with Gasteiger partial charge in [0.25, 0.3) is 5.56 Å². The van der Waals surface area contributed by atoms with E-state index in [9.17, 15) is 19.8 Å². The van der Waals surface area contributed by atoms with E-state index in [1.807, 2.05) is 14.1 Å². The number of aromatic nitrogens is 1. The van der Waals surface area contributed by atoms with Crippen molar-refractivity contribution in [2.75, 3.05) is 20.6 Å². The van der Waals surface area contributed by atoms with Crippen molar-refractivity contribution in [2.45, 2.75) is 57.1 Å². The second-order valence-corrected chi connectivity index (χ2v) is 9.49. The molecule has 4 aliphatic rings. The van der Waals surface area contributed by atoms with E-state index < -0.39 is 11.6 Å². The van der Waals surface area contributed by atoms with Gasteiger partial charge in [0.2, 0.25) is 0 Å². The van der Waals surface area contributed by atoms with Crippen LogP contribution in [-0.4, -0.2) is 64.1 Å². The van der Waals surface area contributed by atoms with Crippen LogP contribution in [0.3, 0.4) is 0 Å². The lowest BCUT2D eigenvalue weighted by atomic mass is 9.72. The van der Waals surface area contributed by atoms with E-state index in [-0.39, 0.29) is 42.6 Å². The molecule has 2 N–H and O–H groups in total. The molecule has 1 aliphatic carbocycles. The van der Waals surface area contributed by atoms with E-state index in [0.717, 1.165) is 24.3 Å². The molecule has 1 aromatic rings. The van der Waals surface area contributed by atoms with Crippen molar-refractivity contribution in [3.63, 3.8) is 0 Å². The van der Waals surface area contributed by atoms with Gasteiger partial charge >= 0.3 is 5.97 Å². The molecule has 8 heteroatoms. The van der Waals surface area contributed by atoms with Crippen molar-refractivity contribution in [1.82, 2.24) is 9.47 Å². The molecule has 5 atom stereocenters. The molecule has 3 aliphatic heterocycles. The van der Waals surface area contributed by atoms with E-state index >= 15 is 0 Å². The fraction of sp³-hybridized carbons (Fsp3) is 0.609. The SMILES string of the molecule is CC[C@@]1(O)C(=O)OCc2c1cc1n(c2=O)CC2=CC3C(CCC(O)C3CN(C)C)N=C21. The van der Waals surface area contributed by atoms with E-state index in [0.29, 0.717) is 29.8 Å². The number of carbonyl (C=O) groups is 1. The highest BCUT2D eigenvalue weighted by Gasteiger charge is 2.47. The molecule has 4 unspecified atom stereocenters. The highest BCUT2D eigenvalue weighted by molar-refractivity contribution is 6.14. The quantitative estimate of drug-likeness (QED) is 0.684. The van der Waals surface area contributed by atoms with Crippen molar-refractivity contribution >= 4 is 11.7 Å². The van der Waals surface area contributed by atoms with Crippen LogP contribution < -0.4 is 5.56 Å². The Kier molecular flexibility index (Phi) is 4.73. The van der Waals surface area contributed by atoms with Crippen molar-refractivity contribution < 1.29 is 19.7 Å². The third-order valence-corrected chi connectivity index (χ3v) is 7.37. The maximum atomic E-state index is 13.3. The maximum Gasteiger partial charge on any atom is 0.343 e. The minimum Gasteiger partial charge on any atom is -0.458 e. The second kappa shape index (κ2) is 7.12. The first-order chi connectivity index (χ1) is 14.7. The molecule has 4 heterocycles. The summed E-state index contributed by atoms with van der Waals surface area (Å²) in [4.78, 5) is 32.7. The van der Waals surface area contributed by atoms with Crippen molar-refractivity contribution in [1.29, 1.82) is 0 Å². The Morgan fingerprint density at radius 1 is 1.32 bits per heavy atom. The van der Waals surface area contributed by atoms with Crippen LogP contribution >= 0.6 is 0 Å². The average Bonchev–Trinajstić information content (AvgIpc) is 3.10. The molecule has 0 amide bonds. The Balaban J connectivity index is 1.60. The average molecular weight is 428 g/mol. The zero-order chi connectivity index (χ0) is 22.1. The summed E-state index contributed by atoms with van der Waals surface area (Å²) in [5.74, 6) is -0.488. The van der Waals surface area contributed by atoms with Crippen molar-refractivity contribution in [3.05, 3.63) is 44.9 Å². The number of dihydropyridines is 1. The number of cyclic esters (lactones) is 1. The standard InChI is InChI=1S/C23H29N3O5/c1-4-23(30)16-8-18-20-12(9-26(18)21(28)15(16)11-31-22(23)29)7-13-14(10-25(2)3)19(27)6-5-17(13)24-20/h7-8,13-14,17,19,27,30H,4-6,9-11H2,1-3H3/t13?,14?,17?,19?,23-/m0/s1. The van der Waals surface area contributed by atoms with Gasteiger partial charge in [-0.25, -0.2) is 4.79 Å². The maximum absolute atomic E-state index is 13.3. The highest BCUT2D eigenvalue weighted by atomic mass is 16.6. The summed E-state index contributed by atoms with van der Waals surface area (Å²) in [7, 11) is 4.02. The van der Waals surface area contributed by atoms with Gasteiger partial charge in [0.1, 0.15) is 6.61 Å². The van der Waals surface area contributed by atoms with E-state index in [2.05, 4.69) is 11.0 Å². The Morgan fingerprint density at radius 3 is 2.81 bits per heavy atom. The van der Waals surface area contributed by atoms with Gasteiger partial charge in [0, 0.05) is 23.9 Å². The number of aliphatic hydroxyl groups excluding tert-OH is 1. The first kappa shape index (κ1) is 20.6. The first-order valence-corrected chi connectivity index (χ1v) is 11.0. The normalized spacial score (nSPS) is 33.7. The largest absolute Gasteiger partial charge is 0.458 e. The minimum absolute atomic E-state index is 0.0554. The molecule has 0 saturated heterocycles. The van der Waals surface area contributed by atoms with E-state index in [1.165, 1.54) is 0 Å². The van der Waals surface area contributed by atoms with Gasteiger partial charge in [-0.05, 0) is 45.0 Å². The van der Waals surface area contributed by atoms with Crippen LogP contribution in [0.5, 0.6) is 0 Å². The van der Waals surface area contributed by atoms with Gasteiger partial charge < -0.3 is 24.4 Å². The number of aliphatic hydroxyl groups is 2. The topological polar surface area (TPSA) is 104 Å². The number of rotatable bonds is 3. The number of carbonyl (C=O) groups excluding carboxylic acids is 1. The molecule has 1 saturated carbocycles. The number of aliphatic imine (C=N–C) groups is 1. The summed E-state index contributed by atoms with van der Waals surface area (Å²) in [6.45, 7) is 2.77. The first-order valence-electron chi connectivity index (χ1n) is 11.0. The molecule has 0 radical (unpaired) electrons. The molecule has 1 fully saturated rings. The van der Waals surface area contributed by atoms with Crippen LogP contribution in [0.2, 0.25) is 0 Å². The predicted octanol–water partition coefficient (Wildman–Crippen LogP) is 0.563. The van der Waals surface area contributed by atoms with E-state index in [4.69, 9.17) is 9.73 Å². The second-order valence-electron chi connectivity index (χ2n) is 9.49. The molecule has 0 aromatic carbocycles. The lowest BCUT2D eigenvalue weighted by Gasteiger charge is -2.41. The number of pyridine rings is 1. The summed E-state index contributed by atoms with van der Waals surface area (Å²) in [5.41, 5.74) is 1.05. The molecule has 8 nitrogen and oxygen atoms in total. The molecule has 31 heavy (non-hydrogen) atoms. The van der Waals surface area contributed by atoms with Crippen LogP contribution in [-0.2, 0) is 28.3 Å². The molecule has 1 aromatic heterocycles. The Morgan fingerprint density at radius 2 is 2.10 bits per heavy atom. The highest BCUT2D eigenvalue weighted by Crippen LogP contribution is 2.41. The van der Waals surface area contributed by atoms with Gasteiger partial charge in [0.15, 0.2) is 5.60 Å². The minimum atomic E-state index is -1.81. The zero-order valence-electron chi connectivity index (χ0n) is 18.2. The molecule has 0 bridgehead atoms. The number of allylic oxidation sites excluding steroid dienone is 1.